The highest BCUT2D eigenvalue weighted by Gasteiger charge is 2.59. The van der Waals surface area contributed by atoms with E-state index in [1.54, 1.807) is 5.57 Å². The Labute approximate surface area is 369 Å². The highest BCUT2D eigenvalue weighted by Crippen LogP contribution is 2.67. The minimum absolute atomic E-state index is 0.0290. The number of allylic oxidation sites excluding steroid dienone is 1. The number of phosphoric acid groups is 1. The fraction of sp³-hybridized carbons (Fsp3) is 0.941. The molecule has 4 aliphatic rings. The van der Waals surface area contributed by atoms with Crippen molar-refractivity contribution >= 4 is 13.8 Å². The highest BCUT2D eigenvalue weighted by atomic mass is 31.2. The summed E-state index contributed by atoms with van der Waals surface area (Å²) in [4.78, 5) is 23.6. The molecule has 350 valence electrons. The normalized spacial score (nSPS) is 29.9. The van der Waals surface area contributed by atoms with E-state index >= 15 is 0 Å². The van der Waals surface area contributed by atoms with E-state index in [0.29, 0.717) is 22.9 Å². The molecule has 0 aromatic heterocycles. The van der Waals surface area contributed by atoms with E-state index in [-0.39, 0.29) is 37.3 Å². The fourth-order valence-corrected chi connectivity index (χ4v) is 13.1. The maximum absolute atomic E-state index is 13.1. The minimum Gasteiger partial charge on any atom is -0.457 e. The Kier molecular flexibility index (Phi) is 21.7. The van der Waals surface area contributed by atoms with Gasteiger partial charge in [-0.05, 0) is 104 Å². The average Bonchev–Trinajstić information content (AvgIpc) is 3.54. The molecule has 0 saturated heterocycles. The van der Waals surface area contributed by atoms with Crippen LogP contribution >= 0.6 is 7.82 Å². The molecule has 0 bridgehead atoms. The van der Waals surface area contributed by atoms with Crippen molar-refractivity contribution in [2.75, 3.05) is 47.5 Å². The molecule has 0 aromatic carbocycles. The van der Waals surface area contributed by atoms with Gasteiger partial charge in [0.25, 0.3) is 0 Å². The van der Waals surface area contributed by atoms with Gasteiger partial charge in [-0.2, -0.15) is 0 Å². The summed E-state index contributed by atoms with van der Waals surface area (Å²) in [7, 11) is 1.67. The molecule has 60 heavy (non-hydrogen) atoms. The Balaban J connectivity index is 1.26. The Morgan fingerprint density at radius 3 is 2.10 bits per heavy atom. The van der Waals surface area contributed by atoms with Crippen molar-refractivity contribution in [3.8, 4) is 0 Å². The zero-order chi connectivity index (χ0) is 43.8. The summed E-state index contributed by atoms with van der Waals surface area (Å²) in [5.74, 6) is 4.57. The molecular formula is C51H95NO7P+. The van der Waals surface area contributed by atoms with Crippen LogP contribution in [0.25, 0.3) is 0 Å². The molecule has 9 heteroatoms. The standard InChI is InChI=1S/C51H94NO7P/c1-10-11-12-13-14-15-16-17-18-19-20-21-22-26-49(53)59-44(39-58-60(54,55)57-36-35-52(7,8)9)38-56-43-31-33-50(5)42(37-43)27-28-45-47-30-29-46(41(4)25-23-24-40(2)3)51(47,6)34-32-48(45)50/h27,40-41,43-48H,10-26,28-39H2,1-9H3/p+1/t41-,43?,44?,45?,46-,47?,48?,50+,51-/m1/s1. The predicted octanol–water partition coefficient (Wildman–Crippen LogP) is 13.6. The van der Waals surface area contributed by atoms with Gasteiger partial charge in [-0.1, -0.05) is 150 Å². The van der Waals surface area contributed by atoms with Gasteiger partial charge in [0.1, 0.15) is 19.3 Å². The van der Waals surface area contributed by atoms with Gasteiger partial charge in [0, 0.05) is 6.42 Å². The summed E-state index contributed by atoms with van der Waals surface area (Å²) >= 11 is 0. The van der Waals surface area contributed by atoms with Crippen LogP contribution in [0, 0.1) is 46.3 Å². The van der Waals surface area contributed by atoms with Gasteiger partial charge in [-0.3, -0.25) is 13.8 Å². The summed E-state index contributed by atoms with van der Waals surface area (Å²) in [5.41, 5.74) is 2.27. The molecule has 0 aliphatic heterocycles. The molecule has 0 spiro atoms. The van der Waals surface area contributed by atoms with Crippen LogP contribution in [0.1, 0.15) is 202 Å². The number of rotatable bonds is 30. The topological polar surface area (TPSA) is 91.3 Å². The van der Waals surface area contributed by atoms with Crippen LogP contribution in [0.15, 0.2) is 11.6 Å². The molecule has 3 saturated carbocycles. The van der Waals surface area contributed by atoms with Crippen LogP contribution in [-0.4, -0.2) is 75.1 Å². The number of hydrogen-bond donors (Lipinski definition) is 1. The van der Waals surface area contributed by atoms with Crippen molar-refractivity contribution in [1.82, 2.24) is 0 Å². The molecule has 0 amide bonds. The largest absolute Gasteiger partial charge is 0.472 e. The Hall–Kier alpha value is -0.760. The molecule has 0 aromatic rings. The molecule has 4 aliphatic carbocycles. The molecule has 10 atom stereocenters. The minimum atomic E-state index is -4.32. The van der Waals surface area contributed by atoms with Gasteiger partial charge in [0.15, 0.2) is 0 Å². The number of esters is 1. The van der Waals surface area contributed by atoms with E-state index in [2.05, 4.69) is 47.6 Å². The summed E-state index contributed by atoms with van der Waals surface area (Å²) in [5, 5.41) is 0. The van der Waals surface area contributed by atoms with Gasteiger partial charge in [0.2, 0.25) is 0 Å². The van der Waals surface area contributed by atoms with Crippen molar-refractivity contribution in [3.05, 3.63) is 11.6 Å². The summed E-state index contributed by atoms with van der Waals surface area (Å²) in [6.45, 7) is 15.3. The number of likely N-dealkylation sites (N-methyl/N-ethyl adjacent to an activating group) is 1. The lowest BCUT2D eigenvalue weighted by Gasteiger charge is -2.58. The number of ether oxygens (including phenoxy) is 2. The lowest BCUT2D eigenvalue weighted by molar-refractivity contribution is -0.870. The number of carbonyl (C=O) groups excluding carboxylic acids is 1. The number of fused-ring (bicyclic) bond motifs is 5. The van der Waals surface area contributed by atoms with Crippen molar-refractivity contribution < 1.29 is 37.3 Å². The predicted molar refractivity (Wildman–Crippen MR) is 248 cm³/mol. The molecule has 8 nitrogen and oxygen atoms in total. The third-order valence-electron chi connectivity index (χ3n) is 16.0. The van der Waals surface area contributed by atoms with E-state index in [1.807, 2.05) is 21.1 Å². The van der Waals surface area contributed by atoms with Crippen LogP contribution in [0.3, 0.4) is 0 Å². The maximum atomic E-state index is 13.1. The number of unbranched alkanes of at least 4 members (excludes halogenated alkanes) is 12. The molecule has 1 N–H and O–H groups in total. The van der Waals surface area contributed by atoms with Crippen LogP contribution in [0.4, 0.5) is 0 Å². The lowest BCUT2D eigenvalue weighted by Crippen LogP contribution is -2.51. The van der Waals surface area contributed by atoms with Crippen LogP contribution in [0.2, 0.25) is 0 Å². The first-order valence-corrected chi connectivity index (χ1v) is 26.9. The van der Waals surface area contributed by atoms with Crippen molar-refractivity contribution in [1.29, 1.82) is 0 Å². The van der Waals surface area contributed by atoms with Crippen LogP contribution in [-0.2, 0) is 27.9 Å². The molecule has 0 radical (unpaired) electrons. The van der Waals surface area contributed by atoms with Crippen LogP contribution < -0.4 is 0 Å². The van der Waals surface area contributed by atoms with E-state index in [4.69, 9.17) is 18.5 Å². The number of quaternary nitrogens is 1. The second kappa shape index (κ2) is 25.1. The first-order chi connectivity index (χ1) is 28.5. The second-order valence-corrected chi connectivity index (χ2v) is 23.7. The number of nitrogens with zero attached hydrogens (tertiary/aromatic N) is 1. The van der Waals surface area contributed by atoms with Crippen LogP contribution in [0.5, 0.6) is 0 Å². The second-order valence-electron chi connectivity index (χ2n) is 22.2. The Morgan fingerprint density at radius 1 is 0.817 bits per heavy atom. The first-order valence-electron chi connectivity index (χ1n) is 25.4. The van der Waals surface area contributed by atoms with E-state index in [9.17, 15) is 14.3 Å². The number of hydrogen-bond acceptors (Lipinski definition) is 6. The molecular weight excluding hydrogens is 770 g/mol. The SMILES string of the molecule is CCCCCCCCCCCCCCCC(=O)OC(COC1CC[C@@]2(C)C(=CCC3C2CC[C@@]2(C)C3CC[C@@H]2[C@H](C)CCCC(C)C)C1)COP(=O)(O)OCC[N+](C)(C)C. The molecule has 6 unspecified atom stereocenters. The van der Waals surface area contributed by atoms with E-state index in [1.165, 1.54) is 116 Å². The summed E-state index contributed by atoms with van der Waals surface area (Å²) < 4.78 is 36.6. The third kappa shape index (κ3) is 16.3. The summed E-state index contributed by atoms with van der Waals surface area (Å²) in [6, 6.07) is 0. The van der Waals surface area contributed by atoms with Gasteiger partial charge >= 0.3 is 13.8 Å². The molecule has 3 fully saturated rings. The average molecular weight is 865 g/mol. The van der Waals surface area contributed by atoms with Gasteiger partial charge in [-0.25, -0.2) is 4.57 Å². The van der Waals surface area contributed by atoms with Gasteiger partial charge in [0.05, 0.1) is 40.5 Å². The maximum Gasteiger partial charge on any atom is 0.472 e. The van der Waals surface area contributed by atoms with Gasteiger partial charge in [-0.15, -0.1) is 0 Å². The first kappa shape index (κ1) is 51.9. The zero-order valence-corrected chi connectivity index (χ0v) is 41.4. The quantitative estimate of drug-likeness (QED) is 0.0253. The third-order valence-corrected chi connectivity index (χ3v) is 17.0. The smallest absolute Gasteiger partial charge is 0.457 e. The lowest BCUT2D eigenvalue weighted by atomic mass is 9.47. The molecule has 4 rings (SSSR count). The van der Waals surface area contributed by atoms with Crippen molar-refractivity contribution in [2.45, 2.75) is 214 Å². The van der Waals surface area contributed by atoms with Crippen molar-refractivity contribution in [3.63, 3.8) is 0 Å². The molecule has 0 heterocycles. The van der Waals surface area contributed by atoms with Crippen molar-refractivity contribution in [2.24, 2.45) is 46.3 Å². The fourth-order valence-electron chi connectivity index (χ4n) is 12.3. The van der Waals surface area contributed by atoms with Gasteiger partial charge < -0.3 is 18.9 Å². The van der Waals surface area contributed by atoms with E-state index < -0.39 is 13.9 Å². The highest BCUT2D eigenvalue weighted by molar-refractivity contribution is 7.47. The Bertz CT molecular complexity index is 1330. The monoisotopic (exact) mass is 865 g/mol. The number of carbonyl (C=O) groups is 1. The number of phosphoric ester groups is 1. The van der Waals surface area contributed by atoms with E-state index in [0.717, 1.165) is 74.0 Å². The zero-order valence-electron chi connectivity index (χ0n) is 40.5. The summed E-state index contributed by atoms with van der Waals surface area (Å²) in [6.07, 6.45) is 32.3. The Morgan fingerprint density at radius 2 is 1.47 bits per heavy atom.